The van der Waals surface area contributed by atoms with Crippen molar-refractivity contribution >= 4 is 10.8 Å². The van der Waals surface area contributed by atoms with Crippen LogP contribution in [-0.4, -0.2) is 0 Å². The second-order valence-corrected chi connectivity index (χ2v) is 4.51. The third-order valence-electron chi connectivity index (χ3n) is 3.20. The molecule has 90 valence electrons. The Kier molecular flexibility index (Phi) is 2.96. The van der Waals surface area contributed by atoms with E-state index in [2.05, 4.69) is 24.3 Å². The third-order valence-corrected chi connectivity index (χ3v) is 3.20. The average molecular weight is 245 g/mol. The molecule has 1 aromatic heterocycles. The largest absolute Gasteiger partial charge is 0.284 e. The van der Waals surface area contributed by atoms with Gasteiger partial charge in [-0.15, -0.1) is 0 Å². The van der Waals surface area contributed by atoms with Crippen LogP contribution in [0.25, 0.3) is 10.8 Å². The Balaban J connectivity index is 2.10. The van der Waals surface area contributed by atoms with Gasteiger partial charge in [0.05, 0.1) is 0 Å². The summed E-state index contributed by atoms with van der Waals surface area (Å²) >= 11 is 0. The summed E-state index contributed by atoms with van der Waals surface area (Å²) < 4.78 is 2.00. The highest BCUT2D eigenvalue weighted by Gasteiger charge is 2.12. The summed E-state index contributed by atoms with van der Waals surface area (Å²) in [5, 5.41) is 11.5. The standard InChI is InChI=1S/C17H13N2/c18-11-17-10-15-8-4-5-9-16(15)13-19(17)12-14-6-2-1-3-7-14/h1-10,13H,12H2/q+1. The minimum absolute atomic E-state index is 0.683. The van der Waals surface area contributed by atoms with Crippen molar-refractivity contribution in [1.82, 2.24) is 0 Å². The third kappa shape index (κ3) is 2.31. The second-order valence-electron chi connectivity index (χ2n) is 4.51. The Morgan fingerprint density at radius 1 is 0.895 bits per heavy atom. The van der Waals surface area contributed by atoms with Gasteiger partial charge in [-0.3, -0.25) is 0 Å². The first-order chi connectivity index (χ1) is 9.36. The fourth-order valence-corrected chi connectivity index (χ4v) is 2.23. The van der Waals surface area contributed by atoms with E-state index in [9.17, 15) is 5.26 Å². The molecule has 3 rings (SSSR count). The first-order valence-electron chi connectivity index (χ1n) is 6.23. The molecule has 0 unspecified atom stereocenters. The molecule has 0 spiro atoms. The molecule has 0 saturated carbocycles. The Bertz CT molecular complexity index is 755. The van der Waals surface area contributed by atoms with Gasteiger partial charge in [0.2, 0.25) is 0 Å². The van der Waals surface area contributed by atoms with E-state index in [-0.39, 0.29) is 0 Å². The monoisotopic (exact) mass is 245 g/mol. The molecule has 0 aliphatic rings. The van der Waals surface area contributed by atoms with Crippen LogP contribution >= 0.6 is 0 Å². The van der Waals surface area contributed by atoms with Crippen molar-refractivity contribution in [2.75, 3.05) is 0 Å². The van der Waals surface area contributed by atoms with Gasteiger partial charge in [-0.1, -0.05) is 48.5 Å². The lowest BCUT2D eigenvalue weighted by Gasteiger charge is -2.02. The Morgan fingerprint density at radius 2 is 1.58 bits per heavy atom. The average Bonchev–Trinajstić information content (AvgIpc) is 2.47. The molecule has 2 nitrogen and oxygen atoms in total. The predicted molar refractivity (Wildman–Crippen MR) is 74.4 cm³/mol. The molecule has 3 aromatic rings. The SMILES string of the molecule is N#Cc1cc2ccccc2c[n+]1Cc1ccccc1. The van der Waals surface area contributed by atoms with E-state index in [0.717, 1.165) is 10.8 Å². The highest BCUT2D eigenvalue weighted by Crippen LogP contribution is 2.12. The van der Waals surface area contributed by atoms with Crippen LogP contribution in [0, 0.1) is 11.3 Å². The van der Waals surface area contributed by atoms with E-state index in [1.54, 1.807) is 0 Å². The maximum Gasteiger partial charge on any atom is 0.284 e. The van der Waals surface area contributed by atoms with Crippen molar-refractivity contribution in [3.8, 4) is 6.07 Å². The zero-order chi connectivity index (χ0) is 13.1. The molecule has 0 atom stereocenters. The zero-order valence-corrected chi connectivity index (χ0v) is 10.5. The van der Waals surface area contributed by atoms with E-state index in [4.69, 9.17) is 0 Å². The number of benzene rings is 2. The number of nitriles is 1. The maximum atomic E-state index is 9.29. The van der Waals surface area contributed by atoms with Crippen molar-refractivity contribution in [2.24, 2.45) is 0 Å². The van der Waals surface area contributed by atoms with Crippen molar-refractivity contribution in [3.63, 3.8) is 0 Å². The summed E-state index contributed by atoms with van der Waals surface area (Å²) in [5.41, 5.74) is 1.88. The molecule has 0 saturated heterocycles. The summed E-state index contributed by atoms with van der Waals surface area (Å²) in [6.07, 6.45) is 2.04. The van der Waals surface area contributed by atoms with Crippen LogP contribution in [0.15, 0.2) is 66.9 Å². The van der Waals surface area contributed by atoms with Gasteiger partial charge in [0.15, 0.2) is 18.8 Å². The minimum Gasteiger partial charge on any atom is -0.186 e. The lowest BCUT2D eigenvalue weighted by atomic mass is 10.1. The molecule has 0 fully saturated rings. The van der Waals surface area contributed by atoms with E-state index >= 15 is 0 Å². The van der Waals surface area contributed by atoms with E-state index in [1.807, 2.05) is 53.2 Å². The number of fused-ring (bicyclic) bond motifs is 1. The number of nitrogens with zero attached hydrogens (tertiary/aromatic N) is 2. The number of hydrogen-bond acceptors (Lipinski definition) is 1. The molecule has 2 aromatic carbocycles. The van der Waals surface area contributed by atoms with Gasteiger partial charge in [-0.2, -0.15) is 9.83 Å². The second kappa shape index (κ2) is 4.91. The molecule has 0 amide bonds. The van der Waals surface area contributed by atoms with Crippen LogP contribution in [0.3, 0.4) is 0 Å². The Morgan fingerprint density at radius 3 is 2.32 bits per heavy atom. The first-order valence-corrected chi connectivity index (χ1v) is 6.23. The number of rotatable bonds is 2. The van der Waals surface area contributed by atoms with Crippen LogP contribution < -0.4 is 4.57 Å². The zero-order valence-electron chi connectivity index (χ0n) is 10.5. The van der Waals surface area contributed by atoms with Crippen LogP contribution in [0.2, 0.25) is 0 Å². The van der Waals surface area contributed by atoms with Gasteiger partial charge in [0.1, 0.15) is 0 Å². The smallest absolute Gasteiger partial charge is 0.186 e. The summed E-state index contributed by atoms with van der Waals surface area (Å²) in [6.45, 7) is 0.717. The van der Waals surface area contributed by atoms with Crippen molar-refractivity contribution in [3.05, 3.63) is 78.1 Å². The molecule has 19 heavy (non-hydrogen) atoms. The molecular formula is C17H13N2+. The molecule has 0 radical (unpaired) electrons. The Hall–Kier alpha value is -2.66. The lowest BCUT2D eigenvalue weighted by molar-refractivity contribution is -0.689. The molecule has 2 heteroatoms. The fourth-order valence-electron chi connectivity index (χ4n) is 2.23. The van der Waals surface area contributed by atoms with Crippen LogP contribution in [-0.2, 0) is 6.54 Å². The molecule has 0 aliphatic heterocycles. The number of aromatic nitrogens is 1. The maximum absolute atomic E-state index is 9.29. The van der Waals surface area contributed by atoms with Crippen LogP contribution in [0.4, 0.5) is 0 Å². The molecule has 0 N–H and O–H groups in total. The van der Waals surface area contributed by atoms with Gasteiger partial charge in [-0.05, 0) is 11.5 Å². The molecule has 0 aliphatic carbocycles. The van der Waals surface area contributed by atoms with E-state index in [1.165, 1.54) is 5.56 Å². The first kappa shape index (κ1) is 11.4. The van der Waals surface area contributed by atoms with Gasteiger partial charge >= 0.3 is 0 Å². The molecule has 1 heterocycles. The normalized spacial score (nSPS) is 10.3. The number of pyridine rings is 1. The molecule has 0 bridgehead atoms. The minimum atomic E-state index is 0.683. The van der Waals surface area contributed by atoms with Crippen molar-refractivity contribution in [2.45, 2.75) is 6.54 Å². The molecular weight excluding hydrogens is 232 g/mol. The summed E-state index contributed by atoms with van der Waals surface area (Å²) in [6, 6.07) is 22.5. The van der Waals surface area contributed by atoms with E-state index in [0.29, 0.717) is 12.2 Å². The van der Waals surface area contributed by atoms with Gasteiger partial charge in [0, 0.05) is 17.0 Å². The van der Waals surface area contributed by atoms with E-state index < -0.39 is 0 Å². The fraction of sp³-hybridized carbons (Fsp3) is 0.0588. The van der Waals surface area contributed by atoms with Crippen molar-refractivity contribution < 1.29 is 4.57 Å². The lowest BCUT2D eigenvalue weighted by Crippen LogP contribution is -2.37. The van der Waals surface area contributed by atoms with Gasteiger partial charge in [-0.25, -0.2) is 0 Å². The summed E-state index contributed by atoms with van der Waals surface area (Å²) in [5.74, 6) is 0. The summed E-state index contributed by atoms with van der Waals surface area (Å²) in [4.78, 5) is 0. The predicted octanol–water partition coefficient (Wildman–Crippen LogP) is 3.05. The quantitative estimate of drug-likeness (QED) is 0.638. The van der Waals surface area contributed by atoms with Gasteiger partial charge in [0.25, 0.3) is 5.69 Å². The number of hydrogen-bond donors (Lipinski definition) is 0. The summed E-state index contributed by atoms with van der Waals surface area (Å²) in [7, 11) is 0. The van der Waals surface area contributed by atoms with Crippen molar-refractivity contribution in [1.29, 1.82) is 5.26 Å². The Labute approximate surface area is 112 Å². The van der Waals surface area contributed by atoms with Gasteiger partial charge < -0.3 is 0 Å². The van der Waals surface area contributed by atoms with Crippen LogP contribution in [0.1, 0.15) is 11.3 Å². The topological polar surface area (TPSA) is 27.7 Å². The highest BCUT2D eigenvalue weighted by molar-refractivity contribution is 5.81. The highest BCUT2D eigenvalue weighted by atomic mass is 15.0. The van der Waals surface area contributed by atoms with Crippen LogP contribution in [0.5, 0.6) is 0 Å².